The van der Waals surface area contributed by atoms with Crippen molar-refractivity contribution in [3.8, 4) is 0 Å². The van der Waals surface area contributed by atoms with E-state index in [1.807, 2.05) is 19.1 Å². The van der Waals surface area contributed by atoms with Crippen LogP contribution in [0.1, 0.15) is 11.1 Å². The Labute approximate surface area is 157 Å². The number of anilines is 1. The smallest absolute Gasteiger partial charge is 0.239 e. The number of rotatable bonds is 6. The maximum absolute atomic E-state index is 12.4. The minimum Gasteiger partial charge on any atom is -0.325 e. The normalized spacial score (nSPS) is 11.6. The lowest BCUT2D eigenvalue weighted by Gasteiger charge is -2.17. The number of hydrogen-bond acceptors (Lipinski definition) is 3. The summed E-state index contributed by atoms with van der Waals surface area (Å²) in [7, 11) is -2.30. The van der Waals surface area contributed by atoms with Gasteiger partial charge in [0.05, 0.1) is 22.3 Å². The van der Waals surface area contributed by atoms with Crippen molar-refractivity contribution in [1.29, 1.82) is 0 Å². The highest BCUT2D eigenvalue weighted by Gasteiger charge is 2.21. The van der Waals surface area contributed by atoms with Crippen LogP contribution in [0.2, 0.25) is 10.0 Å². The number of aryl methyl sites for hydroxylation is 1. The summed E-state index contributed by atoms with van der Waals surface area (Å²) in [4.78, 5) is 12.0. The highest BCUT2D eigenvalue weighted by Crippen LogP contribution is 2.24. The summed E-state index contributed by atoms with van der Waals surface area (Å²) in [5.41, 5.74) is 2.19. The lowest BCUT2D eigenvalue weighted by Crippen LogP contribution is -2.35. The van der Waals surface area contributed by atoms with E-state index in [9.17, 15) is 13.2 Å². The maximum Gasteiger partial charge on any atom is 0.239 e. The zero-order valence-corrected chi connectivity index (χ0v) is 16.1. The number of benzene rings is 2. The van der Waals surface area contributed by atoms with Gasteiger partial charge in [-0.15, -0.1) is 0 Å². The number of hydrogen-bond donors (Lipinski definition) is 1. The van der Waals surface area contributed by atoms with Gasteiger partial charge < -0.3 is 5.32 Å². The first-order chi connectivity index (χ1) is 11.7. The summed E-state index contributed by atoms with van der Waals surface area (Å²) >= 11 is 11.7. The molecule has 2 aromatic carbocycles. The Morgan fingerprint density at radius 2 is 1.72 bits per heavy atom. The van der Waals surface area contributed by atoms with Gasteiger partial charge in [0.2, 0.25) is 15.9 Å². The third-order valence-corrected chi connectivity index (χ3v) is 6.03. The van der Waals surface area contributed by atoms with Gasteiger partial charge in [0.25, 0.3) is 0 Å². The van der Waals surface area contributed by atoms with Gasteiger partial charge in [0.15, 0.2) is 0 Å². The van der Waals surface area contributed by atoms with Crippen LogP contribution < -0.4 is 5.32 Å². The molecule has 134 valence electrons. The predicted octanol–water partition coefficient (Wildman–Crippen LogP) is 3.70. The molecule has 0 aliphatic heterocycles. The van der Waals surface area contributed by atoms with Gasteiger partial charge in [0, 0.05) is 12.7 Å². The zero-order chi connectivity index (χ0) is 18.6. The van der Waals surface area contributed by atoms with Gasteiger partial charge in [-0.05, 0) is 36.8 Å². The molecule has 25 heavy (non-hydrogen) atoms. The Balaban J connectivity index is 1.99. The number of halogens is 2. The Bertz CT molecular complexity index is 868. The summed E-state index contributed by atoms with van der Waals surface area (Å²) in [6.07, 6.45) is 0. The first-order valence-corrected chi connectivity index (χ1v) is 9.78. The topological polar surface area (TPSA) is 66.5 Å². The van der Waals surface area contributed by atoms with Crippen molar-refractivity contribution in [3.05, 3.63) is 63.6 Å². The van der Waals surface area contributed by atoms with Crippen molar-refractivity contribution in [1.82, 2.24) is 4.31 Å². The second-order valence-corrected chi connectivity index (χ2v) is 8.57. The van der Waals surface area contributed by atoms with Crippen LogP contribution in [-0.4, -0.2) is 32.2 Å². The molecule has 0 atom stereocenters. The number of sulfonamides is 1. The lowest BCUT2D eigenvalue weighted by atomic mass is 10.2. The first kappa shape index (κ1) is 19.7. The molecule has 0 radical (unpaired) electrons. The molecular weight excluding hydrogens is 383 g/mol. The highest BCUT2D eigenvalue weighted by molar-refractivity contribution is 7.88. The standard InChI is InChI=1S/C17H18Cl2N2O3S/c1-12-3-6-14(7-4-12)20-17(22)10-21(2)25(23,24)11-13-5-8-15(18)16(19)9-13/h3-9H,10-11H2,1-2H3,(H,20,22). The van der Waals surface area contributed by atoms with Crippen molar-refractivity contribution in [3.63, 3.8) is 0 Å². The molecule has 0 aliphatic rings. The number of amides is 1. The molecule has 1 amide bonds. The van der Waals surface area contributed by atoms with E-state index in [-0.39, 0.29) is 17.3 Å². The van der Waals surface area contributed by atoms with Crippen molar-refractivity contribution in [2.75, 3.05) is 18.9 Å². The minimum absolute atomic E-state index is 0.266. The molecule has 0 unspecified atom stereocenters. The quantitative estimate of drug-likeness (QED) is 0.803. The maximum atomic E-state index is 12.4. The van der Waals surface area contributed by atoms with Crippen LogP contribution in [0, 0.1) is 6.92 Å². The van der Waals surface area contributed by atoms with E-state index in [2.05, 4.69) is 5.32 Å². The van der Waals surface area contributed by atoms with Crippen LogP contribution in [-0.2, 0) is 20.6 Å². The molecule has 0 aromatic heterocycles. The Morgan fingerprint density at radius 1 is 1.08 bits per heavy atom. The molecule has 5 nitrogen and oxygen atoms in total. The van der Waals surface area contributed by atoms with Crippen molar-refractivity contribution < 1.29 is 13.2 Å². The van der Waals surface area contributed by atoms with E-state index in [0.717, 1.165) is 9.87 Å². The van der Waals surface area contributed by atoms with Crippen LogP contribution in [0.5, 0.6) is 0 Å². The van der Waals surface area contributed by atoms with Gasteiger partial charge in [-0.25, -0.2) is 8.42 Å². The number of nitrogens with zero attached hydrogens (tertiary/aromatic N) is 1. The van der Waals surface area contributed by atoms with Gasteiger partial charge in [0.1, 0.15) is 0 Å². The van der Waals surface area contributed by atoms with Crippen LogP contribution >= 0.6 is 23.2 Å². The van der Waals surface area contributed by atoms with Crippen molar-refractivity contribution in [2.24, 2.45) is 0 Å². The number of carbonyl (C=O) groups is 1. The number of carbonyl (C=O) groups excluding carboxylic acids is 1. The van der Waals surface area contributed by atoms with E-state index in [1.54, 1.807) is 24.3 Å². The Hall–Kier alpha value is -1.60. The predicted molar refractivity (Wildman–Crippen MR) is 102 cm³/mol. The van der Waals surface area contributed by atoms with Gasteiger partial charge in [-0.1, -0.05) is 47.0 Å². The Kier molecular flexibility index (Phi) is 6.46. The fourth-order valence-corrected chi connectivity index (χ4v) is 3.54. The largest absolute Gasteiger partial charge is 0.325 e. The third-order valence-electron chi connectivity index (χ3n) is 3.51. The van der Waals surface area contributed by atoms with Gasteiger partial charge >= 0.3 is 0 Å². The van der Waals surface area contributed by atoms with E-state index < -0.39 is 15.9 Å². The SMILES string of the molecule is Cc1ccc(NC(=O)CN(C)S(=O)(=O)Cc2ccc(Cl)c(Cl)c2)cc1. The molecule has 0 spiro atoms. The molecule has 0 saturated carbocycles. The second kappa shape index (κ2) is 8.19. The molecular formula is C17H18Cl2N2O3S. The summed E-state index contributed by atoms with van der Waals surface area (Å²) < 4.78 is 25.8. The van der Waals surface area contributed by atoms with Crippen LogP contribution in [0.4, 0.5) is 5.69 Å². The number of nitrogens with one attached hydrogen (secondary N) is 1. The van der Waals surface area contributed by atoms with Crippen LogP contribution in [0.15, 0.2) is 42.5 Å². The summed E-state index contributed by atoms with van der Waals surface area (Å²) in [6, 6.07) is 11.9. The van der Waals surface area contributed by atoms with E-state index in [0.29, 0.717) is 16.3 Å². The minimum atomic E-state index is -3.67. The van der Waals surface area contributed by atoms with Crippen LogP contribution in [0.25, 0.3) is 0 Å². The van der Waals surface area contributed by atoms with E-state index in [4.69, 9.17) is 23.2 Å². The van der Waals surface area contributed by atoms with Crippen LogP contribution in [0.3, 0.4) is 0 Å². The molecule has 0 saturated heterocycles. The third kappa shape index (κ3) is 5.71. The van der Waals surface area contributed by atoms with Gasteiger partial charge in [-0.2, -0.15) is 4.31 Å². The number of likely N-dealkylation sites (N-methyl/N-ethyl adjacent to an activating group) is 1. The average Bonchev–Trinajstić information content (AvgIpc) is 2.53. The molecule has 2 aromatic rings. The fraction of sp³-hybridized carbons (Fsp3) is 0.235. The van der Waals surface area contributed by atoms with Crippen molar-refractivity contribution in [2.45, 2.75) is 12.7 Å². The first-order valence-electron chi connectivity index (χ1n) is 7.42. The molecule has 2 rings (SSSR count). The monoisotopic (exact) mass is 400 g/mol. The molecule has 0 aliphatic carbocycles. The fourth-order valence-electron chi connectivity index (χ4n) is 2.09. The molecule has 0 bridgehead atoms. The molecule has 0 fully saturated rings. The summed E-state index contributed by atoms with van der Waals surface area (Å²) in [6.45, 7) is 1.66. The summed E-state index contributed by atoms with van der Waals surface area (Å²) in [5.74, 6) is -0.679. The lowest BCUT2D eigenvalue weighted by molar-refractivity contribution is -0.116. The Morgan fingerprint density at radius 3 is 2.32 bits per heavy atom. The second-order valence-electron chi connectivity index (χ2n) is 5.67. The average molecular weight is 401 g/mol. The summed E-state index contributed by atoms with van der Waals surface area (Å²) in [5, 5.41) is 3.31. The molecule has 1 N–H and O–H groups in total. The van der Waals surface area contributed by atoms with E-state index >= 15 is 0 Å². The molecule has 0 heterocycles. The van der Waals surface area contributed by atoms with E-state index in [1.165, 1.54) is 13.1 Å². The highest BCUT2D eigenvalue weighted by atomic mass is 35.5. The molecule has 8 heteroatoms. The van der Waals surface area contributed by atoms with Gasteiger partial charge in [-0.3, -0.25) is 4.79 Å². The van der Waals surface area contributed by atoms with Crippen molar-refractivity contribution >= 4 is 44.8 Å². The zero-order valence-electron chi connectivity index (χ0n) is 13.8.